The number of aryl methyl sites for hydroxylation is 2. The molecule has 2 heterocycles. The van der Waals surface area contributed by atoms with Crippen molar-refractivity contribution in [2.75, 3.05) is 0 Å². The Bertz CT molecular complexity index is 367. The maximum absolute atomic E-state index is 4.29. The lowest BCUT2D eigenvalue weighted by atomic mass is 10.1. The predicted octanol–water partition coefficient (Wildman–Crippen LogP) is 2.37. The minimum atomic E-state index is 1.06. The molecule has 2 aromatic heterocycles. The summed E-state index contributed by atoms with van der Waals surface area (Å²) >= 11 is 0. The number of hydrogen-bond donors (Lipinski definition) is 1. The Morgan fingerprint density at radius 2 is 2.07 bits per heavy atom. The zero-order valence-electron chi connectivity index (χ0n) is 8.69. The fraction of sp³-hybridized carbons (Fsp3) is 0.333. The topological polar surface area (TPSA) is 41.6 Å². The van der Waals surface area contributed by atoms with E-state index in [-0.39, 0.29) is 0 Å². The number of H-pyrrole nitrogens is 1. The van der Waals surface area contributed by atoms with Gasteiger partial charge in [0.15, 0.2) is 0 Å². The molecule has 2 aromatic rings. The standard InChI is InChI=1S/C12H15N3/c1(2-7-12-9-13-10-15-12)5-11-6-3-4-8-14-11/h3-4,6,8-10H,1-2,5,7H2,(H,13,15). The molecule has 0 atom stereocenters. The van der Waals surface area contributed by atoms with Gasteiger partial charge in [0.25, 0.3) is 0 Å². The summed E-state index contributed by atoms with van der Waals surface area (Å²) in [5.41, 5.74) is 2.40. The van der Waals surface area contributed by atoms with Crippen LogP contribution in [0.15, 0.2) is 36.9 Å². The van der Waals surface area contributed by atoms with Gasteiger partial charge in [-0.2, -0.15) is 0 Å². The quantitative estimate of drug-likeness (QED) is 0.754. The van der Waals surface area contributed by atoms with Gasteiger partial charge in [0.05, 0.1) is 6.33 Å². The predicted molar refractivity (Wildman–Crippen MR) is 59.5 cm³/mol. The van der Waals surface area contributed by atoms with Gasteiger partial charge in [-0.25, -0.2) is 4.98 Å². The van der Waals surface area contributed by atoms with E-state index in [1.54, 1.807) is 6.33 Å². The fourth-order valence-electron chi connectivity index (χ4n) is 1.59. The first-order valence-corrected chi connectivity index (χ1v) is 5.32. The first-order valence-electron chi connectivity index (χ1n) is 5.32. The maximum Gasteiger partial charge on any atom is 0.0921 e. The Kier molecular flexibility index (Phi) is 3.49. The third-order valence-electron chi connectivity index (χ3n) is 2.41. The van der Waals surface area contributed by atoms with Crippen molar-refractivity contribution in [2.24, 2.45) is 0 Å². The minimum absolute atomic E-state index is 1.06. The summed E-state index contributed by atoms with van der Waals surface area (Å²) in [6.07, 6.45) is 9.97. The highest BCUT2D eigenvalue weighted by molar-refractivity contribution is 5.03. The highest BCUT2D eigenvalue weighted by Crippen LogP contribution is 2.04. The third-order valence-corrected chi connectivity index (χ3v) is 2.41. The number of hydrogen-bond acceptors (Lipinski definition) is 2. The van der Waals surface area contributed by atoms with E-state index in [0.717, 1.165) is 12.8 Å². The monoisotopic (exact) mass is 201 g/mol. The van der Waals surface area contributed by atoms with E-state index in [9.17, 15) is 0 Å². The number of unbranched alkanes of at least 4 members (excludes halogenated alkanes) is 1. The number of aromatic nitrogens is 3. The highest BCUT2D eigenvalue weighted by Gasteiger charge is 1.96. The molecule has 0 aliphatic rings. The minimum Gasteiger partial charge on any atom is -0.348 e. The van der Waals surface area contributed by atoms with Gasteiger partial charge in [-0.05, 0) is 37.8 Å². The number of pyridine rings is 1. The van der Waals surface area contributed by atoms with Crippen LogP contribution in [-0.4, -0.2) is 15.0 Å². The van der Waals surface area contributed by atoms with E-state index >= 15 is 0 Å². The Hall–Kier alpha value is -1.64. The second kappa shape index (κ2) is 5.29. The molecule has 3 heteroatoms. The van der Waals surface area contributed by atoms with Gasteiger partial charge in [-0.15, -0.1) is 0 Å². The number of nitrogens with zero attached hydrogens (tertiary/aromatic N) is 2. The molecule has 0 aromatic carbocycles. The zero-order valence-corrected chi connectivity index (χ0v) is 8.69. The summed E-state index contributed by atoms with van der Waals surface area (Å²) in [5.74, 6) is 0. The van der Waals surface area contributed by atoms with Crippen molar-refractivity contribution < 1.29 is 0 Å². The Morgan fingerprint density at radius 1 is 1.13 bits per heavy atom. The van der Waals surface area contributed by atoms with Crippen LogP contribution in [0.3, 0.4) is 0 Å². The molecule has 0 amide bonds. The SMILES string of the molecule is c1ccc(CCCCc2cnc[nH]2)nc1. The van der Waals surface area contributed by atoms with Crippen molar-refractivity contribution in [1.29, 1.82) is 0 Å². The molecule has 78 valence electrons. The number of nitrogens with one attached hydrogen (secondary N) is 1. The largest absolute Gasteiger partial charge is 0.348 e. The van der Waals surface area contributed by atoms with E-state index in [0.29, 0.717) is 0 Å². The molecule has 0 aliphatic carbocycles. The van der Waals surface area contributed by atoms with Crippen molar-refractivity contribution >= 4 is 0 Å². The molecule has 3 nitrogen and oxygen atoms in total. The van der Waals surface area contributed by atoms with Crippen LogP contribution in [0.2, 0.25) is 0 Å². The highest BCUT2D eigenvalue weighted by atomic mass is 14.9. The van der Waals surface area contributed by atoms with Crippen molar-refractivity contribution in [3.63, 3.8) is 0 Å². The van der Waals surface area contributed by atoms with Crippen LogP contribution in [0.5, 0.6) is 0 Å². The molecule has 1 N–H and O–H groups in total. The summed E-state index contributed by atoms with van der Waals surface area (Å²) in [6.45, 7) is 0. The van der Waals surface area contributed by atoms with Crippen molar-refractivity contribution in [3.05, 3.63) is 48.3 Å². The average Bonchev–Trinajstić information content (AvgIpc) is 2.79. The molecular formula is C12H15N3. The van der Waals surface area contributed by atoms with Crippen LogP contribution in [0, 0.1) is 0 Å². The Morgan fingerprint density at radius 3 is 2.80 bits per heavy atom. The van der Waals surface area contributed by atoms with Gasteiger partial charge >= 0.3 is 0 Å². The molecular weight excluding hydrogens is 186 g/mol. The van der Waals surface area contributed by atoms with Gasteiger partial charge in [0.2, 0.25) is 0 Å². The van der Waals surface area contributed by atoms with Gasteiger partial charge < -0.3 is 4.98 Å². The molecule has 0 bridgehead atoms. The zero-order chi connectivity index (χ0) is 10.3. The molecule has 0 saturated carbocycles. The van der Waals surface area contributed by atoms with Gasteiger partial charge in [-0.3, -0.25) is 4.98 Å². The molecule has 0 spiro atoms. The van der Waals surface area contributed by atoms with Crippen LogP contribution in [0.4, 0.5) is 0 Å². The molecule has 2 rings (SSSR count). The summed E-state index contributed by atoms with van der Waals surface area (Å²) in [5, 5.41) is 0. The molecule has 0 fully saturated rings. The van der Waals surface area contributed by atoms with Crippen LogP contribution in [-0.2, 0) is 12.8 Å². The van der Waals surface area contributed by atoms with Crippen LogP contribution < -0.4 is 0 Å². The molecule has 0 unspecified atom stereocenters. The second-order valence-corrected chi connectivity index (χ2v) is 3.61. The van der Waals surface area contributed by atoms with E-state index < -0.39 is 0 Å². The second-order valence-electron chi connectivity index (χ2n) is 3.61. The van der Waals surface area contributed by atoms with E-state index in [2.05, 4.69) is 21.0 Å². The van der Waals surface area contributed by atoms with Crippen LogP contribution in [0.1, 0.15) is 24.2 Å². The van der Waals surface area contributed by atoms with Gasteiger partial charge in [0, 0.05) is 23.8 Å². The van der Waals surface area contributed by atoms with Crippen molar-refractivity contribution in [1.82, 2.24) is 15.0 Å². The normalized spacial score (nSPS) is 10.4. The molecule has 0 radical (unpaired) electrons. The number of aromatic amines is 1. The van der Waals surface area contributed by atoms with Crippen LogP contribution >= 0.6 is 0 Å². The van der Waals surface area contributed by atoms with Gasteiger partial charge in [-0.1, -0.05) is 6.07 Å². The lowest BCUT2D eigenvalue weighted by molar-refractivity contribution is 0.714. The summed E-state index contributed by atoms with van der Waals surface area (Å²) in [4.78, 5) is 11.4. The summed E-state index contributed by atoms with van der Waals surface area (Å²) in [7, 11) is 0. The number of rotatable bonds is 5. The summed E-state index contributed by atoms with van der Waals surface area (Å²) < 4.78 is 0. The van der Waals surface area contributed by atoms with Crippen molar-refractivity contribution in [3.8, 4) is 0 Å². The van der Waals surface area contributed by atoms with Crippen molar-refractivity contribution in [2.45, 2.75) is 25.7 Å². The lowest BCUT2D eigenvalue weighted by Gasteiger charge is -1.99. The van der Waals surface area contributed by atoms with E-state index in [1.165, 1.54) is 24.2 Å². The van der Waals surface area contributed by atoms with Gasteiger partial charge in [0.1, 0.15) is 0 Å². The lowest BCUT2D eigenvalue weighted by Crippen LogP contribution is -1.91. The smallest absolute Gasteiger partial charge is 0.0921 e. The van der Waals surface area contributed by atoms with Crippen LogP contribution in [0.25, 0.3) is 0 Å². The van der Waals surface area contributed by atoms with E-state index in [4.69, 9.17) is 0 Å². The first kappa shape index (κ1) is 9.90. The third kappa shape index (κ3) is 3.20. The number of imidazole rings is 1. The maximum atomic E-state index is 4.29. The molecule has 0 saturated heterocycles. The van der Waals surface area contributed by atoms with E-state index in [1.807, 2.05) is 24.5 Å². The summed E-state index contributed by atoms with van der Waals surface area (Å²) in [6, 6.07) is 6.07. The molecule has 0 aliphatic heterocycles. The first-order chi connectivity index (χ1) is 7.45. The Balaban J connectivity index is 1.68. The average molecular weight is 201 g/mol. The Labute approximate surface area is 89.6 Å². The fourth-order valence-corrected chi connectivity index (χ4v) is 1.59. The molecule has 15 heavy (non-hydrogen) atoms.